The van der Waals surface area contributed by atoms with Crippen LogP contribution in [0.4, 0.5) is 4.39 Å². The molecule has 4 aromatic rings. The molecule has 2 N–H and O–H groups in total. The van der Waals surface area contributed by atoms with E-state index in [1.165, 1.54) is 43.6 Å². The Morgan fingerprint density at radius 3 is 2.39 bits per heavy atom. The number of methoxy groups -OCH3 is 1. The highest BCUT2D eigenvalue weighted by atomic mass is 32.2. The topological polar surface area (TPSA) is 123 Å². The van der Waals surface area contributed by atoms with E-state index in [9.17, 15) is 17.6 Å². The number of rotatable bonds is 7. The quantitative estimate of drug-likeness (QED) is 0.358. The van der Waals surface area contributed by atoms with E-state index in [-0.39, 0.29) is 30.6 Å². The molecule has 2 aromatic carbocycles. The smallest absolute Gasteiger partial charge is 0.281 e. The largest absolute Gasteiger partial charge is 0.497 e. The lowest BCUT2D eigenvalue weighted by atomic mass is 10.1. The molecule has 1 amide bonds. The molecule has 9 nitrogen and oxygen atoms in total. The van der Waals surface area contributed by atoms with Gasteiger partial charge in [0, 0.05) is 14.5 Å². The number of carbonyl (C=O) groups excluding carboxylic acids is 1. The zero-order chi connectivity index (χ0) is 26.0. The van der Waals surface area contributed by atoms with E-state index < -0.39 is 21.7 Å². The number of H-pyrrole nitrogens is 1. The lowest BCUT2D eigenvalue weighted by molar-refractivity contribution is 0.0978. The Labute approximate surface area is 210 Å². The van der Waals surface area contributed by atoms with Gasteiger partial charge in [0.1, 0.15) is 22.9 Å². The first kappa shape index (κ1) is 24.9. The minimum Gasteiger partial charge on any atom is -0.497 e. The van der Waals surface area contributed by atoms with Gasteiger partial charge >= 0.3 is 0 Å². The van der Waals surface area contributed by atoms with Crippen LogP contribution in [0.15, 0.2) is 59.8 Å². The second-order valence-electron chi connectivity index (χ2n) is 8.08. The molecule has 0 bridgehead atoms. The van der Waals surface area contributed by atoms with Gasteiger partial charge < -0.3 is 9.47 Å². The van der Waals surface area contributed by atoms with Crippen molar-refractivity contribution in [3.05, 3.63) is 82.8 Å². The molecule has 0 saturated carbocycles. The molecular formula is C25H27FN4O5S. The number of ether oxygens (including phenoxy) is 2. The monoisotopic (exact) mass is 514 g/mol. The molecule has 2 aromatic heterocycles. The van der Waals surface area contributed by atoms with E-state index in [1.807, 2.05) is 37.6 Å². The SMILES string of the molecule is COc1ccc(-c2ccc(C(=O)NS(=O)(=O)c3ccn[nH]3)c(Oc3c(C)cc(C)cc3C)n2)c(F)c1.[HH].[HH]. The zero-order valence-electron chi connectivity index (χ0n) is 19.9. The van der Waals surface area contributed by atoms with Crippen LogP contribution in [0, 0.1) is 26.6 Å². The van der Waals surface area contributed by atoms with Crippen molar-refractivity contribution in [3.63, 3.8) is 0 Å². The molecule has 0 radical (unpaired) electrons. The van der Waals surface area contributed by atoms with Crippen molar-refractivity contribution in [1.29, 1.82) is 0 Å². The van der Waals surface area contributed by atoms with Gasteiger partial charge in [0.2, 0.25) is 5.88 Å². The maximum absolute atomic E-state index is 14.8. The summed E-state index contributed by atoms with van der Waals surface area (Å²) in [7, 11) is -2.80. The number of nitrogens with one attached hydrogen (secondary N) is 2. The van der Waals surface area contributed by atoms with Crippen LogP contribution in [0.2, 0.25) is 0 Å². The molecule has 0 aliphatic carbocycles. The molecule has 0 spiro atoms. The molecule has 0 aliphatic rings. The van der Waals surface area contributed by atoms with E-state index in [4.69, 9.17) is 9.47 Å². The van der Waals surface area contributed by atoms with Gasteiger partial charge in [0.05, 0.1) is 19.0 Å². The first-order chi connectivity index (χ1) is 17.1. The van der Waals surface area contributed by atoms with E-state index in [0.29, 0.717) is 11.5 Å². The number of aromatic nitrogens is 3. The number of hydrogen-bond donors (Lipinski definition) is 2. The summed E-state index contributed by atoms with van der Waals surface area (Å²) in [4.78, 5) is 17.4. The lowest BCUT2D eigenvalue weighted by Gasteiger charge is -2.16. The van der Waals surface area contributed by atoms with Crippen LogP contribution in [-0.4, -0.2) is 36.6 Å². The molecule has 0 saturated heterocycles. The molecule has 0 aliphatic heterocycles. The molecule has 0 fully saturated rings. The summed E-state index contributed by atoms with van der Waals surface area (Å²) in [6, 6.07) is 12.0. The second kappa shape index (κ2) is 9.78. The van der Waals surface area contributed by atoms with Gasteiger partial charge in [-0.3, -0.25) is 9.89 Å². The van der Waals surface area contributed by atoms with Crippen LogP contribution in [0.25, 0.3) is 11.3 Å². The number of sulfonamides is 1. The summed E-state index contributed by atoms with van der Waals surface area (Å²) < 4.78 is 53.0. The van der Waals surface area contributed by atoms with Crippen molar-refractivity contribution < 1.29 is 29.9 Å². The average Bonchev–Trinajstić information content (AvgIpc) is 3.37. The van der Waals surface area contributed by atoms with Gasteiger partial charge in [-0.1, -0.05) is 17.7 Å². The maximum atomic E-state index is 14.8. The van der Waals surface area contributed by atoms with E-state index in [2.05, 4.69) is 15.2 Å². The third kappa shape index (κ3) is 5.05. The van der Waals surface area contributed by atoms with Crippen molar-refractivity contribution in [3.8, 4) is 28.6 Å². The normalized spacial score (nSPS) is 11.2. The third-order valence-electron chi connectivity index (χ3n) is 5.35. The first-order valence-corrected chi connectivity index (χ1v) is 12.2. The number of benzene rings is 2. The van der Waals surface area contributed by atoms with Crippen LogP contribution in [-0.2, 0) is 10.0 Å². The lowest BCUT2D eigenvalue weighted by Crippen LogP contribution is -2.31. The van der Waals surface area contributed by atoms with Crippen LogP contribution in [0.1, 0.15) is 29.9 Å². The zero-order valence-corrected chi connectivity index (χ0v) is 20.7. The fourth-order valence-electron chi connectivity index (χ4n) is 3.72. The summed E-state index contributed by atoms with van der Waals surface area (Å²) in [5, 5.41) is 5.62. The van der Waals surface area contributed by atoms with E-state index in [0.717, 1.165) is 16.7 Å². The molecule has 0 unspecified atom stereocenters. The molecule has 36 heavy (non-hydrogen) atoms. The van der Waals surface area contributed by atoms with Crippen molar-refractivity contribution in [2.75, 3.05) is 7.11 Å². The van der Waals surface area contributed by atoms with Gasteiger partial charge in [0.15, 0.2) is 5.03 Å². The van der Waals surface area contributed by atoms with Gasteiger partial charge in [-0.15, -0.1) is 0 Å². The van der Waals surface area contributed by atoms with Crippen molar-refractivity contribution in [2.45, 2.75) is 25.8 Å². The van der Waals surface area contributed by atoms with Crippen molar-refractivity contribution in [1.82, 2.24) is 19.9 Å². The molecule has 2 heterocycles. The van der Waals surface area contributed by atoms with Crippen molar-refractivity contribution >= 4 is 15.9 Å². The highest BCUT2D eigenvalue weighted by Crippen LogP contribution is 2.33. The molecular weight excluding hydrogens is 487 g/mol. The number of nitrogens with zero attached hydrogens (tertiary/aromatic N) is 2. The minimum absolute atomic E-state index is 0. The van der Waals surface area contributed by atoms with E-state index in [1.54, 1.807) is 6.07 Å². The molecule has 0 atom stereocenters. The van der Waals surface area contributed by atoms with Crippen LogP contribution < -0.4 is 14.2 Å². The number of aromatic amines is 1. The maximum Gasteiger partial charge on any atom is 0.281 e. The third-order valence-corrected chi connectivity index (χ3v) is 6.61. The van der Waals surface area contributed by atoms with Crippen LogP contribution >= 0.6 is 0 Å². The second-order valence-corrected chi connectivity index (χ2v) is 9.73. The molecule has 4 rings (SSSR count). The Morgan fingerprint density at radius 1 is 1.06 bits per heavy atom. The highest BCUT2D eigenvalue weighted by Gasteiger charge is 2.25. The Bertz CT molecular complexity index is 1540. The predicted octanol–water partition coefficient (Wildman–Crippen LogP) is 4.95. The fraction of sp³-hybridized carbons (Fsp3) is 0.160. The van der Waals surface area contributed by atoms with E-state index >= 15 is 0 Å². The molecule has 190 valence electrons. The van der Waals surface area contributed by atoms with Gasteiger partial charge in [0.25, 0.3) is 15.9 Å². The van der Waals surface area contributed by atoms with Gasteiger partial charge in [-0.25, -0.2) is 14.1 Å². The van der Waals surface area contributed by atoms with Crippen LogP contribution in [0.3, 0.4) is 0 Å². The van der Waals surface area contributed by atoms with Gasteiger partial charge in [-0.2, -0.15) is 13.5 Å². The fourth-order valence-corrected chi connectivity index (χ4v) is 4.60. The van der Waals surface area contributed by atoms with Crippen LogP contribution in [0.5, 0.6) is 17.4 Å². The Morgan fingerprint density at radius 2 is 1.78 bits per heavy atom. The number of halogens is 1. The number of aryl methyl sites for hydroxylation is 3. The van der Waals surface area contributed by atoms with Gasteiger partial charge in [-0.05, 0) is 62.2 Å². The predicted molar refractivity (Wildman–Crippen MR) is 134 cm³/mol. The summed E-state index contributed by atoms with van der Waals surface area (Å²) >= 11 is 0. The first-order valence-electron chi connectivity index (χ1n) is 10.8. The average molecular weight is 515 g/mol. The van der Waals surface area contributed by atoms with Crippen molar-refractivity contribution in [2.24, 2.45) is 0 Å². The molecule has 11 heteroatoms. The summed E-state index contributed by atoms with van der Waals surface area (Å²) in [5.74, 6) is -0.967. The Kier molecular flexibility index (Phi) is 6.75. The number of pyridine rings is 1. The number of carbonyl (C=O) groups is 1. The standard InChI is InChI=1S/C25H23FN4O5S.2H2/c1-14-11-15(2)23(16(3)12-14)35-25-19(24(31)30-36(32,33)22-9-10-27-29-22)7-8-21(28-25)18-6-5-17(34-4)13-20(18)26;;/h5-13H,1-4H3,(H,27,29)(H,30,31);2*1H. The summed E-state index contributed by atoms with van der Waals surface area (Å²) in [6.07, 6.45) is 1.25. The minimum atomic E-state index is -4.23. The highest BCUT2D eigenvalue weighted by molar-refractivity contribution is 7.90. The summed E-state index contributed by atoms with van der Waals surface area (Å²) in [5.41, 5.74) is 2.76. The Hall–Kier alpha value is -4.25. The Balaban J connectivity index is 0.00000253. The number of amides is 1. The number of hydrogen-bond acceptors (Lipinski definition) is 7. The summed E-state index contributed by atoms with van der Waals surface area (Å²) in [6.45, 7) is 5.61.